The van der Waals surface area contributed by atoms with Crippen LogP contribution in [0, 0.1) is 12.3 Å². The molecule has 2 N–H and O–H groups in total. The van der Waals surface area contributed by atoms with Crippen LogP contribution < -0.4 is 10.6 Å². The van der Waals surface area contributed by atoms with Gasteiger partial charge in [-0.25, -0.2) is 0 Å². The molecule has 1 rings (SSSR count). The molecule has 0 aromatic rings. The van der Waals surface area contributed by atoms with Crippen LogP contribution in [-0.4, -0.2) is 37.7 Å². The molecule has 0 amide bonds. The number of carbonyl (C=O) groups excluding carboxylic acids is 1. The maximum Gasteiger partial charge on any atom is 0.306 e. The SMILES string of the molecule is C#CCNC(=NCCCC(=O)OC1CCCC1)NCC. The number of nitrogens with zero attached hydrogens (tertiary/aromatic N) is 1. The summed E-state index contributed by atoms with van der Waals surface area (Å²) >= 11 is 0. The van der Waals surface area contributed by atoms with Crippen LogP contribution in [-0.2, 0) is 9.53 Å². The highest BCUT2D eigenvalue weighted by atomic mass is 16.5. The molecule has 0 atom stereocenters. The molecular weight excluding hydrogens is 254 g/mol. The number of esters is 1. The quantitative estimate of drug-likeness (QED) is 0.243. The molecular formula is C15H25N3O2. The third-order valence-corrected chi connectivity index (χ3v) is 3.11. The zero-order chi connectivity index (χ0) is 14.6. The lowest BCUT2D eigenvalue weighted by molar-refractivity contribution is -0.148. The predicted molar refractivity (Wildman–Crippen MR) is 80.4 cm³/mol. The van der Waals surface area contributed by atoms with Crippen molar-refractivity contribution in [1.29, 1.82) is 0 Å². The number of hydrogen-bond acceptors (Lipinski definition) is 3. The highest BCUT2D eigenvalue weighted by Crippen LogP contribution is 2.21. The number of hydrogen-bond donors (Lipinski definition) is 2. The van der Waals surface area contributed by atoms with E-state index in [0.29, 0.717) is 31.9 Å². The molecule has 1 fully saturated rings. The molecule has 0 aliphatic heterocycles. The van der Waals surface area contributed by atoms with Crippen molar-refractivity contribution in [3.63, 3.8) is 0 Å². The minimum absolute atomic E-state index is 0.103. The van der Waals surface area contributed by atoms with Crippen LogP contribution in [0.4, 0.5) is 0 Å². The van der Waals surface area contributed by atoms with Gasteiger partial charge in [-0.1, -0.05) is 5.92 Å². The number of rotatable bonds is 7. The second kappa shape index (κ2) is 10.1. The van der Waals surface area contributed by atoms with Crippen molar-refractivity contribution < 1.29 is 9.53 Å². The van der Waals surface area contributed by atoms with Gasteiger partial charge >= 0.3 is 5.97 Å². The Morgan fingerprint density at radius 2 is 2.15 bits per heavy atom. The molecule has 0 spiro atoms. The largest absolute Gasteiger partial charge is 0.462 e. The Kier molecular flexibility index (Phi) is 8.28. The normalized spacial score (nSPS) is 15.7. The second-order valence-electron chi connectivity index (χ2n) is 4.82. The fraction of sp³-hybridized carbons (Fsp3) is 0.733. The molecule has 1 aliphatic carbocycles. The molecule has 112 valence electrons. The number of terminal acetylenes is 1. The highest BCUT2D eigenvalue weighted by molar-refractivity contribution is 5.80. The molecule has 0 aromatic heterocycles. The number of carbonyl (C=O) groups is 1. The van der Waals surface area contributed by atoms with Crippen molar-refractivity contribution in [2.24, 2.45) is 4.99 Å². The van der Waals surface area contributed by atoms with E-state index in [4.69, 9.17) is 11.2 Å². The summed E-state index contributed by atoms with van der Waals surface area (Å²) in [5.41, 5.74) is 0. The van der Waals surface area contributed by atoms with E-state index in [0.717, 1.165) is 19.4 Å². The second-order valence-corrected chi connectivity index (χ2v) is 4.82. The first kappa shape index (κ1) is 16.4. The van der Waals surface area contributed by atoms with E-state index in [1.807, 2.05) is 6.92 Å². The van der Waals surface area contributed by atoms with Gasteiger partial charge in [-0.2, -0.15) is 0 Å². The van der Waals surface area contributed by atoms with Crippen molar-refractivity contribution in [1.82, 2.24) is 10.6 Å². The Morgan fingerprint density at radius 3 is 2.80 bits per heavy atom. The summed E-state index contributed by atoms with van der Waals surface area (Å²) < 4.78 is 5.39. The lowest BCUT2D eigenvalue weighted by Crippen LogP contribution is -2.37. The Balaban J connectivity index is 2.17. The van der Waals surface area contributed by atoms with Crippen LogP contribution in [0.5, 0.6) is 0 Å². The highest BCUT2D eigenvalue weighted by Gasteiger charge is 2.18. The summed E-state index contributed by atoms with van der Waals surface area (Å²) in [4.78, 5) is 16.0. The summed E-state index contributed by atoms with van der Waals surface area (Å²) in [5, 5.41) is 6.10. The summed E-state index contributed by atoms with van der Waals surface area (Å²) in [6, 6.07) is 0. The molecule has 1 aliphatic rings. The van der Waals surface area contributed by atoms with Crippen LogP contribution in [0.15, 0.2) is 4.99 Å². The Labute approximate surface area is 121 Å². The third kappa shape index (κ3) is 7.03. The first-order valence-electron chi connectivity index (χ1n) is 7.41. The monoisotopic (exact) mass is 279 g/mol. The van der Waals surface area contributed by atoms with Gasteiger partial charge < -0.3 is 15.4 Å². The van der Waals surface area contributed by atoms with Gasteiger partial charge in [0, 0.05) is 19.5 Å². The molecule has 0 bridgehead atoms. The van der Waals surface area contributed by atoms with Crippen LogP contribution in [0.3, 0.4) is 0 Å². The van der Waals surface area contributed by atoms with E-state index in [9.17, 15) is 4.79 Å². The van der Waals surface area contributed by atoms with Gasteiger partial charge in [0.15, 0.2) is 5.96 Å². The lowest BCUT2D eigenvalue weighted by atomic mass is 10.3. The summed E-state index contributed by atoms with van der Waals surface area (Å²) in [6.45, 7) is 3.79. The van der Waals surface area contributed by atoms with Crippen LogP contribution in [0.25, 0.3) is 0 Å². The first-order valence-corrected chi connectivity index (χ1v) is 7.41. The van der Waals surface area contributed by atoms with Crippen molar-refractivity contribution in [3.8, 4) is 12.3 Å². The topological polar surface area (TPSA) is 62.7 Å². The summed E-state index contributed by atoms with van der Waals surface area (Å²) in [5.74, 6) is 3.09. The standard InChI is InChI=1S/C15H25N3O2/c1-3-11-17-15(16-4-2)18-12-7-10-14(19)20-13-8-5-6-9-13/h1,13H,4-12H2,2H3,(H2,16,17,18). The number of aliphatic imine (C=N–C) groups is 1. The van der Waals surface area contributed by atoms with E-state index in [1.54, 1.807) is 0 Å². The van der Waals surface area contributed by atoms with Gasteiger partial charge in [-0.3, -0.25) is 9.79 Å². The first-order chi connectivity index (χ1) is 9.76. The average molecular weight is 279 g/mol. The Bertz CT molecular complexity index is 355. The van der Waals surface area contributed by atoms with Crippen molar-refractivity contribution >= 4 is 11.9 Å². The van der Waals surface area contributed by atoms with Crippen molar-refractivity contribution in [2.75, 3.05) is 19.6 Å². The molecule has 0 radical (unpaired) electrons. The minimum Gasteiger partial charge on any atom is -0.462 e. The Hall–Kier alpha value is -1.70. The van der Waals surface area contributed by atoms with Crippen LogP contribution in [0.2, 0.25) is 0 Å². The maximum absolute atomic E-state index is 11.6. The molecule has 5 nitrogen and oxygen atoms in total. The van der Waals surface area contributed by atoms with Gasteiger partial charge in [-0.05, 0) is 39.0 Å². The molecule has 0 aromatic carbocycles. The van der Waals surface area contributed by atoms with E-state index < -0.39 is 0 Å². The van der Waals surface area contributed by atoms with Gasteiger partial charge in [0.2, 0.25) is 0 Å². The van der Waals surface area contributed by atoms with Gasteiger partial charge in [0.1, 0.15) is 6.10 Å². The maximum atomic E-state index is 11.6. The number of ether oxygens (including phenoxy) is 1. The van der Waals surface area contributed by atoms with Gasteiger partial charge in [0.05, 0.1) is 6.54 Å². The van der Waals surface area contributed by atoms with Crippen LogP contribution in [0.1, 0.15) is 45.4 Å². The summed E-state index contributed by atoms with van der Waals surface area (Å²) in [6.07, 6.45) is 10.8. The lowest BCUT2D eigenvalue weighted by Gasteiger charge is -2.11. The van der Waals surface area contributed by atoms with Gasteiger partial charge in [-0.15, -0.1) is 6.42 Å². The minimum atomic E-state index is -0.103. The van der Waals surface area contributed by atoms with Crippen molar-refractivity contribution in [3.05, 3.63) is 0 Å². The average Bonchev–Trinajstić information content (AvgIpc) is 2.93. The number of guanidine groups is 1. The molecule has 0 unspecified atom stereocenters. The molecule has 0 heterocycles. The van der Waals surface area contributed by atoms with Crippen LogP contribution >= 0.6 is 0 Å². The van der Waals surface area contributed by atoms with E-state index >= 15 is 0 Å². The zero-order valence-corrected chi connectivity index (χ0v) is 12.3. The molecule has 20 heavy (non-hydrogen) atoms. The fourth-order valence-electron chi connectivity index (χ4n) is 2.14. The van der Waals surface area contributed by atoms with E-state index in [1.165, 1.54) is 12.8 Å². The summed E-state index contributed by atoms with van der Waals surface area (Å²) in [7, 11) is 0. The predicted octanol–water partition coefficient (Wildman–Crippen LogP) is 1.44. The van der Waals surface area contributed by atoms with Crippen molar-refractivity contribution in [2.45, 2.75) is 51.6 Å². The third-order valence-electron chi connectivity index (χ3n) is 3.11. The van der Waals surface area contributed by atoms with Gasteiger partial charge in [0.25, 0.3) is 0 Å². The zero-order valence-electron chi connectivity index (χ0n) is 12.3. The molecule has 1 saturated carbocycles. The number of nitrogens with one attached hydrogen (secondary N) is 2. The fourth-order valence-corrected chi connectivity index (χ4v) is 2.14. The van der Waals surface area contributed by atoms with E-state index in [-0.39, 0.29) is 12.1 Å². The molecule has 5 heteroatoms. The molecule has 0 saturated heterocycles. The smallest absolute Gasteiger partial charge is 0.306 e. The Morgan fingerprint density at radius 1 is 1.40 bits per heavy atom. The van der Waals surface area contributed by atoms with E-state index in [2.05, 4.69) is 21.5 Å².